The Morgan fingerprint density at radius 1 is 1.12 bits per heavy atom. The maximum atomic E-state index is 13.4. The van der Waals surface area contributed by atoms with E-state index in [1.807, 2.05) is 66.5 Å². The summed E-state index contributed by atoms with van der Waals surface area (Å²) < 4.78 is 5.23. The molecule has 4 rings (SSSR count). The van der Waals surface area contributed by atoms with Crippen LogP contribution in [-0.2, 0) is 11.2 Å². The Hall–Kier alpha value is -3.48. The average Bonchev–Trinajstić information content (AvgIpc) is 2.84. The third-order valence-electron chi connectivity index (χ3n) is 5.85. The third-order valence-corrected chi connectivity index (χ3v) is 5.85. The van der Waals surface area contributed by atoms with Crippen LogP contribution in [0.25, 0.3) is 11.1 Å². The number of nitrogens with zero attached hydrogens (tertiary/aromatic N) is 5. The molecule has 3 aromatic rings. The summed E-state index contributed by atoms with van der Waals surface area (Å²) in [6, 6.07) is 11.5. The quantitative estimate of drug-likeness (QED) is 0.589. The van der Waals surface area contributed by atoms with Crippen LogP contribution in [0, 0.1) is 0 Å². The average molecular weight is 432 g/mol. The molecular formula is C25H29N5O2. The third kappa shape index (κ3) is 4.72. The van der Waals surface area contributed by atoms with Gasteiger partial charge in [0.2, 0.25) is 11.9 Å². The number of aromatic nitrogens is 3. The molecule has 1 fully saturated rings. The van der Waals surface area contributed by atoms with E-state index in [0.29, 0.717) is 12.4 Å². The molecule has 0 saturated carbocycles. The summed E-state index contributed by atoms with van der Waals surface area (Å²) in [5.74, 6) is 1.55. The van der Waals surface area contributed by atoms with Crippen LogP contribution in [0.3, 0.4) is 0 Å². The van der Waals surface area contributed by atoms with Crippen molar-refractivity contribution in [3.05, 3.63) is 66.2 Å². The number of hydrogen-bond donors (Lipinski definition) is 0. The number of anilines is 1. The van der Waals surface area contributed by atoms with Gasteiger partial charge in [-0.05, 0) is 54.7 Å². The number of carbonyl (C=O) groups is 1. The molecule has 1 aliphatic heterocycles. The molecule has 0 radical (unpaired) electrons. The van der Waals surface area contributed by atoms with Crippen LogP contribution in [0.2, 0.25) is 0 Å². The predicted octanol–water partition coefficient (Wildman–Crippen LogP) is 3.91. The van der Waals surface area contributed by atoms with Gasteiger partial charge in [-0.3, -0.25) is 9.78 Å². The number of likely N-dealkylation sites (tertiary alicyclic amines) is 1. The van der Waals surface area contributed by atoms with Crippen LogP contribution in [0.15, 0.2) is 55.0 Å². The molecule has 0 aliphatic carbocycles. The Kier molecular flexibility index (Phi) is 6.63. The van der Waals surface area contributed by atoms with Gasteiger partial charge in [0.05, 0.1) is 25.3 Å². The zero-order chi connectivity index (χ0) is 22.5. The summed E-state index contributed by atoms with van der Waals surface area (Å²) in [5.41, 5.74) is 3.84. The second kappa shape index (κ2) is 9.77. The first kappa shape index (κ1) is 21.7. The standard InChI is InChI=1S/C25H29N5O2/c1-29(2)25-27-17-21(19-11-13-26-14-12-19)24(28-25)22-6-4-5-15-30(22)23(31)16-18-7-9-20(32-3)10-8-18/h7-14,17,22H,4-6,15-16H2,1-3H3/t22-/m1/s1. The Morgan fingerprint density at radius 2 is 1.88 bits per heavy atom. The van der Waals surface area contributed by atoms with Crippen molar-refractivity contribution in [2.45, 2.75) is 31.7 Å². The summed E-state index contributed by atoms with van der Waals surface area (Å²) in [7, 11) is 5.50. The summed E-state index contributed by atoms with van der Waals surface area (Å²) >= 11 is 0. The Labute approximate surface area is 189 Å². The molecule has 0 spiro atoms. The molecule has 7 heteroatoms. The van der Waals surface area contributed by atoms with Crippen LogP contribution in [0.1, 0.15) is 36.6 Å². The number of amides is 1. The maximum absolute atomic E-state index is 13.4. The molecular weight excluding hydrogens is 402 g/mol. The van der Waals surface area contributed by atoms with E-state index in [0.717, 1.165) is 53.9 Å². The molecule has 0 unspecified atom stereocenters. The molecule has 0 bridgehead atoms. The van der Waals surface area contributed by atoms with Gasteiger partial charge < -0.3 is 14.5 Å². The molecule has 3 heterocycles. The zero-order valence-electron chi connectivity index (χ0n) is 18.9. The highest BCUT2D eigenvalue weighted by Crippen LogP contribution is 2.36. The first-order valence-corrected chi connectivity index (χ1v) is 10.9. The van der Waals surface area contributed by atoms with Crippen molar-refractivity contribution < 1.29 is 9.53 Å². The summed E-state index contributed by atoms with van der Waals surface area (Å²) in [5, 5.41) is 0. The minimum Gasteiger partial charge on any atom is -0.497 e. The van der Waals surface area contributed by atoms with Gasteiger partial charge in [-0.25, -0.2) is 9.97 Å². The molecule has 1 atom stereocenters. The second-order valence-corrected chi connectivity index (χ2v) is 8.22. The van der Waals surface area contributed by atoms with Gasteiger partial charge in [-0.1, -0.05) is 12.1 Å². The van der Waals surface area contributed by atoms with Crippen LogP contribution in [0.5, 0.6) is 5.75 Å². The maximum Gasteiger partial charge on any atom is 0.227 e. The van der Waals surface area contributed by atoms with Crippen molar-refractivity contribution in [2.24, 2.45) is 0 Å². The predicted molar refractivity (Wildman–Crippen MR) is 125 cm³/mol. The van der Waals surface area contributed by atoms with Crippen molar-refractivity contribution in [1.82, 2.24) is 19.9 Å². The number of methoxy groups -OCH3 is 1. The summed E-state index contributed by atoms with van der Waals surface area (Å²) in [4.78, 5) is 30.9. The smallest absolute Gasteiger partial charge is 0.227 e. The fourth-order valence-electron chi connectivity index (χ4n) is 4.14. The van der Waals surface area contributed by atoms with E-state index in [1.165, 1.54) is 0 Å². The highest BCUT2D eigenvalue weighted by atomic mass is 16.5. The lowest BCUT2D eigenvalue weighted by Gasteiger charge is -2.36. The second-order valence-electron chi connectivity index (χ2n) is 8.22. The van der Waals surface area contributed by atoms with E-state index in [-0.39, 0.29) is 11.9 Å². The fraction of sp³-hybridized carbons (Fsp3) is 0.360. The van der Waals surface area contributed by atoms with Gasteiger partial charge in [0, 0.05) is 44.8 Å². The van der Waals surface area contributed by atoms with Gasteiger partial charge in [-0.2, -0.15) is 0 Å². The minimum atomic E-state index is -0.0839. The molecule has 1 aliphatic rings. The highest BCUT2D eigenvalue weighted by Gasteiger charge is 2.31. The van der Waals surface area contributed by atoms with Gasteiger partial charge in [0.15, 0.2) is 0 Å². The molecule has 7 nitrogen and oxygen atoms in total. The van der Waals surface area contributed by atoms with Crippen molar-refractivity contribution in [3.8, 4) is 16.9 Å². The van der Waals surface area contributed by atoms with Crippen LogP contribution in [-0.4, -0.2) is 53.5 Å². The fourth-order valence-corrected chi connectivity index (χ4v) is 4.14. The number of rotatable bonds is 6. The largest absolute Gasteiger partial charge is 0.497 e. The van der Waals surface area contributed by atoms with Crippen LogP contribution >= 0.6 is 0 Å². The molecule has 1 aromatic carbocycles. The van der Waals surface area contributed by atoms with Crippen molar-refractivity contribution in [3.63, 3.8) is 0 Å². The molecule has 166 valence electrons. The molecule has 1 amide bonds. The number of piperidine rings is 1. The first-order valence-electron chi connectivity index (χ1n) is 10.9. The van der Waals surface area contributed by atoms with E-state index in [1.54, 1.807) is 19.5 Å². The van der Waals surface area contributed by atoms with E-state index in [4.69, 9.17) is 9.72 Å². The first-order chi connectivity index (χ1) is 15.6. The lowest BCUT2D eigenvalue weighted by Crippen LogP contribution is -2.40. The number of carbonyl (C=O) groups excluding carboxylic acids is 1. The number of benzene rings is 1. The van der Waals surface area contributed by atoms with Crippen molar-refractivity contribution >= 4 is 11.9 Å². The highest BCUT2D eigenvalue weighted by molar-refractivity contribution is 5.80. The van der Waals surface area contributed by atoms with Crippen molar-refractivity contribution in [2.75, 3.05) is 32.6 Å². The molecule has 0 N–H and O–H groups in total. The Bertz CT molecular complexity index is 1050. The zero-order valence-corrected chi connectivity index (χ0v) is 18.9. The minimum absolute atomic E-state index is 0.0839. The summed E-state index contributed by atoms with van der Waals surface area (Å²) in [6.07, 6.45) is 8.72. The normalized spacial score (nSPS) is 16.0. The number of ether oxygens (including phenoxy) is 1. The topological polar surface area (TPSA) is 71.5 Å². The monoisotopic (exact) mass is 431 g/mol. The van der Waals surface area contributed by atoms with Gasteiger partial charge in [-0.15, -0.1) is 0 Å². The van der Waals surface area contributed by atoms with Gasteiger partial charge in [0.1, 0.15) is 5.75 Å². The Morgan fingerprint density at radius 3 is 2.56 bits per heavy atom. The Balaban J connectivity index is 1.68. The van der Waals surface area contributed by atoms with E-state index in [2.05, 4.69) is 9.97 Å². The van der Waals surface area contributed by atoms with E-state index < -0.39 is 0 Å². The van der Waals surface area contributed by atoms with E-state index in [9.17, 15) is 4.79 Å². The summed E-state index contributed by atoms with van der Waals surface area (Å²) in [6.45, 7) is 0.733. The molecule has 1 saturated heterocycles. The van der Waals surface area contributed by atoms with Crippen LogP contribution in [0.4, 0.5) is 5.95 Å². The van der Waals surface area contributed by atoms with Crippen molar-refractivity contribution in [1.29, 1.82) is 0 Å². The lowest BCUT2D eigenvalue weighted by molar-refractivity contribution is -0.134. The molecule has 32 heavy (non-hydrogen) atoms. The van der Waals surface area contributed by atoms with E-state index >= 15 is 0 Å². The van der Waals surface area contributed by atoms with Gasteiger partial charge >= 0.3 is 0 Å². The number of pyridine rings is 1. The van der Waals surface area contributed by atoms with Crippen LogP contribution < -0.4 is 9.64 Å². The molecule has 2 aromatic heterocycles. The lowest BCUT2D eigenvalue weighted by atomic mass is 9.93. The SMILES string of the molecule is COc1ccc(CC(=O)N2CCCC[C@@H]2c2nc(N(C)C)ncc2-c2ccncc2)cc1. The number of hydrogen-bond acceptors (Lipinski definition) is 6. The van der Waals surface area contributed by atoms with Gasteiger partial charge in [0.25, 0.3) is 0 Å².